The van der Waals surface area contributed by atoms with Crippen LogP contribution in [-0.4, -0.2) is 33.4 Å². The second kappa shape index (κ2) is 4.84. The molecule has 0 radical (unpaired) electrons. The van der Waals surface area contributed by atoms with Crippen LogP contribution in [0.1, 0.15) is 12.5 Å². The first-order valence-corrected chi connectivity index (χ1v) is 6.56. The van der Waals surface area contributed by atoms with E-state index in [1.807, 2.05) is 19.1 Å². The summed E-state index contributed by atoms with van der Waals surface area (Å²) in [4.78, 5) is 0. The van der Waals surface area contributed by atoms with Gasteiger partial charge in [-0.2, -0.15) is 12.7 Å². The molecule has 1 rings (SSSR count). The molecule has 90 valence electrons. The zero-order chi connectivity index (χ0) is 12.3. The van der Waals surface area contributed by atoms with Gasteiger partial charge in [0.15, 0.2) is 0 Å². The lowest BCUT2D eigenvalue weighted by Crippen LogP contribution is -2.39. The first-order chi connectivity index (χ1) is 7.39. The highest BCUT2D eigenvalue weighted by atomic mass is 32.2. The quantitative estimate of drug-likeness (QED) is 0.805. The molecular weight excluding hydrogens is 224 g/mol. The smallest absolute Gasteiger partial charge is 0.261 e. The van der Waals surface area contributed by atoms with Crippen molar-refractivity contribution in [1.82, 2.24) is 4.31 Å². The van der Waals surface area contributed by atoms with E-state index in [0.717, 1.165) is 5.56 Å². The van der Waals surface area contributed by atoms with Gasteiger partial charge in [0.1, 0.15) is 0 Å². The topological polar surface area (TPSA) is 40.6 Å². The molecule has 0 N–H and O–H groups in total. The normalized spacial score (nSPS) is 11.8. The van der Waals surface area contributed by atoms with E-state index in [1.165, 1.54) is 8.61 Å². The van der Waals surface area contributed by atoms with E-state index in [2.05, 4.69) is 0 Å². The fraction of sp³-hybridized carbons (Fsp3) is 0.455. The van der Waals surface area contributed by atoms with E-state index in [9.17, 15) is 8.42 Å². The number of hydrogen-bond donors (Lipinski definition) is 0. The molecule has 0 heterocycles. The van der Waals surface area contributed by atoms with Gasteiger partial charge in [-0.3, -0.25) is 4.31 Å². The summed E-state index contributed by atoms with van der Waals surface area (Å²) >= 11 is 0. The lowest BCUT2D eigenvalue weighted by Gasteiger charge is -2.25. The molecule has 0 aliphatic heterocycles. The predicted octanol–water partition coefficient (Wildman–Crippen LogP) is 1.63. The molecule has 0 atom stereocenters. The molecule has 0 fully saturated rings. The molecule has 0 saturated heterocycles. The van der Waals surface area contributed by atoms with Crippen LogP contribution in [0.3, 0.4) is 0 Å². The summed E-state index contributed by atoms with van der Waals surface area (Å²) in [5.41, 5.74) is 1.78. The largest absolute Gasteiger partial charge is 0.303 e. The first-order valence-electron chi connectivity index (χ1n) is 5.16. The van der Waals surface area contributed by atoms with Crippen LogP contribution >= 0.6 is 0 Å². The Hall–Kier alpha value is -1.07. The number of aryl methyl sites for hydroxylation is 1. The van der Waals surface area contributed by atoms with Crippen molar-refractivity contribution in [3.8, 4) is 0 Å². The van der Waals surface area contributed by atoms with Gasteiger partial charge >= 0.3 is 10.2 Å². The van der Waals surface area contributed by atoms with Gasteiger partial charge in [-0.25, -0.2) is 0 Å². The molecule has 0 aromatic heterocycles. The maximum atomic E-state index is 12.0. The van der Waals surface area contributed by atoms with Crippen LogP contribution in [0.2, 0.25) is 0 Å². The summed E-state index contributed by atoms with van der Waals surface area (Å²) in [6, 6.07) is 7.40. The minimum atomic E-state index is -3.39. The Morgan fingerprint density at radius 3 is 2.06 bits per heavy atom. The molecule has 16 heavy (non-hydrogen) atoms. The SMILES string of the molecule is CCN(C)S(=O)(=O)N(C)c1ccc(C)cc1. The van der Waals surface area contributed by atoms with Gasteiger partial charge in [-0.05, 0) is 19.1 Å². The summed E-state index contributed by atoms with van der Waals surface area (Å²) < 4.78 is 26.6. The third kappa shape index (κ3) is 2.54. The van der Waals surface area contributed by atoms with E-state index in [4.69, 9.17) is 0 Å². The highest BCUT2D eigenvalue weighted by molar-refractivity contribution is 7.90. The Morgan fingerprint density at radius 1 is 1.12 bits per heavy atom. The van der Waals surface area contributed by atoms with E-state index in [1.54, 1.807) is 33.2 Å². The average Bonchev–Trinajstić information content (AvgIpc) is 2.28. The molecule has 4 nitrogen and oxygen atoms in total. The number of hydrogen-bond acceptors (Lipinski definition) is 2. The number of nitrogens with zero attached hydrogens (tertiary/aromatic N) is 2. The second-order valence-corrected chi connectivity index (χ2v) is 5.79. The summed E-state index contributed by atoms with van der Waals surface area (Å²) in [6.45, 7) is 4.23. The highest BCUT2D eigenvalue weighted by Crippen LogP contribution is 2.18. The van der Waals surface area contributed by atoms with Crippen molar-refractivity contribution in [3.63, 3.8) is 0 Å². The Labute approximate surface area is 97.7 Å². The number of anilines is 1. The molecule has 0 bridgehead atoms. The molecule has 0 amide bonds. The summed E-state index contributed by atoms with van der Waals surface area (Å²) in [6.07, 6.45) is 0. The van der Waals surface area contributed by atoms with E-state index < -0.39 is 10.2 Å². The van der Waals surface area contributed by atoms with Gasteiger partial charge in [0.25, 0.3) is 0 Å². The molecule has 0 spiro atoms. The maximum absolute atomic E-state index is 12.0. The van der Waals surface area contributed by atoms with Crippen molar-refractivity contribution in [2.45, 2.75) is 13.8 Å². The lowest BCUT2D eigenvalue weighted by atomic mass is 10.2. The predicted molar refractivity (Wildman–Crippen MR) is 66.8 cm³/mol. The van der Waals surface area contributed by atoms with Gasteiger partial charge in [0.05, 0.1) is 5.69 Å². The Kier molecular flexibility index (Phi) is 3.93. The fourth-order valence-corrected chi connectivity index (χ4v) is 2.39. The van der Waals surface area contributed by atoms with Crippen molar-refractivity contribution in [2.75, 3.05) is 24.9 Å². The van der Waals surface area contributed by atoms with E-state index >= 15 is 0 Å². The van der Waals surface area contributed by atoms with Gasteiger partial charge < -0.3 is 0 Å². The van der Waals surface area contributed by atoms with Crippen molar-refractivity contribution in [2.24, 2.45) is 0 Å². The van der Waals surface area contributed by atoms with Crippen LogP contribution in [-0.2, 0) is 10.2 Å². The second-order valence-electron chi connectivity index (χ2n) is 3.72. The van der Waals surface area contributed by atoms with Crippen LogP contribution in [0.5, 0.6) is 0 Å². The van der Waals surface area contributed by atoms with Gasteiger partial charge in [-0.1, -0.05) is 24.6 Å². The first kappa shape index (κ1) is 13.0. The van der Waals surface area contributed by atoms with Gasteiger partial charge in [0.2, 0.25) is 0 Å². The zero-order valence-electron chi connectivity index (χ0n) is 10.1. The molecule has 0 unspecified atom stereocenters. The maximum Gasteiger partial charge on any atom is 0.303 e. The standard InChI is InChI=1S/C11H18N2O2S/c1-5-12(3)16(14,15)13(4)11-8-6-10(2)7-9-11/h6-9H,5H2,1-4H3. The monoisotopic (exact) mass is 242 g/mol. The Morgan fingerprint density at radius 2 is 1.62 bits per heavy atom. The van der Waals surface area contributed by atoms with Crippen LogP contribution in [0.4, 0.5) is 5.69 Å². The minimum Gasteiger partial charge on any atom is -0.261 e. The summed E-state index contributed by atoms with van der Waals surface area (Å²) in [7, 11) is -0.257. The summed E-state index contributed by atoms with van der Waals surface area (Å²) in [5, 5.41) is 0. The van der Waals surface area contributed by atoms with E-state index in [0.29, 0.717) is 12.2 Å². The molecule has 0 saturated carbocycles. The van der Waals surface area contributed by atoms with Crippen LogP contribution in [0, 0.1) is 6.92 Å². The summed E-state index contributed by atoms with van der Waals surface area (Å²) in [5.74, 6) is 0. The van der Waals surface area contributed by atoms with Crippen LogP contribution in [0.15, 0.2) is 24.3 Å². The van der Waals surface area contributed by atoms with Crippen LogP contribution < -0.4 is 4.31 Å². The third-order valence-electron chi connectivity index (χ3n) is 2.58. The fourth-order valence-electron chi connectivity index (χ4n) is 1.26. The van der Waals surface area contributed by atoms with Gasteiger partial charge in [0, 0.05) is 20.6 Å². The minimum absolute atomic E-state index is 0.457. The lowest BCUT2D eigenvalue weighted by molar-refractivity contribution is 0.485. The molecule has 5 heteroatoms. The van der Waals surface area contributed by atoms with Crippen molar-refractivity contribution >= 4 is 15.9 Å². The Balaban J connectivity index is 3.02. The van der Waals surface area contributed by atoms with Crippen molar-refractivity contribution < 1.29 is 8.42 Å². The zero-order valence-corrected chi connectivity index (χ0v) is 11.0. The Bertz CT molecular complexity index is 440. The average molecular weight is 242 g/mol. The third-order valence-corrected chi connectivity index (χ3v) is 4.53. The molecule has 1 aromatic rings. The van der Waals surface area contributed by atoms with Crippen molar-refractivity contribution in [3.05, 3.63) is 29.8 Å². The van der Waals surface area contributed by atoms with Gasteiger partial charge in [-0.15, -0.1) is 0 Å². The van der Waals surface area contributed by atoms with Crippen LogP contribution in [0.25, 0.3) is 0 Å². The highest BCUT2D eigenvalue weighted by Gasteiger charge is 2.22. The molecule has 1 aromatic carbocycles. The molecule has 0 aliphatic rings. The van der Waals surface area contributed by atoms with E-state index in [-0.39, 0.29) is 0 Å². The molecule has 0 aliphatic carbocycles. The number of rotatable bonds is 4. The number of benzene rings is 1. The molecular formula is C11H18N2O2S. The van der Waals surface area contributed by atoms with Crippen molar-refractivity contribution in [1.29, 1.82) is 0 Å².